The fraction of sp³-hybridized carbons (Fsp3) is 1.00. The Morgan fingerprint density at radius 3 is 1.45 bits per heavy atom. The monoisotopic (exact) mass is 428 g/mol. The minimum Gasteiger partial charge on any atom is -0.0654 e. The molecule has 0 amide bonds. The molecule has 4 rings (SSSR count). The van der Waals surface area contributed by atoms with Crippen molar-refractivity contribution in [2.75, 3.05) is 0 Å². The molecule has 0 aliphatic heterocycles. The maximum absolute atomic E-state index is 2.52. The molecule has 0 spiro atoms. The van der Waals surface area contributed by atoms with Gasteiger partial charge in [-0.15, -0.1) is 0 Å². The molecule has 8 unspecified atom stereocenters. The standard InChI is InChI=1S/C31H56/c1-8-9-21-10-11-22(18-21)12-15-27-28-19-23(30(2,3)4)13-16-25(28)26-17-14-24(20-29(26)27)31(5,6)7/h21-29H,8-20H2,1-7H3. The largest absolute Gasteiger partial charge is 0.0654 e. The van der Waals surface area contributed by atoms with E-state index in [2.05, 4.69) is 48.5 Å². The lowest BCUT2D eigenvalue weighted by molar-refractivity contribution is 0.0722. The SMILES string of the molecule is CCCC1CCC(CCC2C3CC(C(C)(C)C)CCC3C3CCC(C(C)(C)C)CC32)C1. The quantitative estimate of drug-likeness (QED) is 0.408. The molecule has 4 fully saturated rings. The zero-order valence-corrected chi connectivity index (χ0v) is 22.4. The van der Waals surface area contributed by atoms with E-state index in [1.54, 1.807) is 57.8 Å². The summed E-state index contributed by atoms with van der Waals surface area (Å²) in [4.78, 5) is 0. The summed E-state index contributed by atoms with van der Waals surface area (Å²) in [6.45, 7) is 17.5. The molecular formula is C31H56. The summed E-state index contributed by atoms with van der Waals surface area (Å²) >= 11 is 0. The van der Waals surface area contributed by atoms with E-state index in [9.17, 15) is 0 Å². The minimum atomic E-state index is 0.510. The molecule has 4 saturated carbocycles. The Labute approximate surface area is 196 Å². The van der Waals surface area contributed by atoms with Gasteiger partial charge in [0, 0.05) is 0 Å². The number of hydrogen-bond donors (Lipinski definition) is 0. The third kappa shape index (κ3) is 5.24. The van der Waals surface area contributed by atoms with E-state index >= 15 is 0 Å². The average Bonchev–Trinajstić information content (AvgIpc) is 3.26. The summed E-state index contributed by atoms with van der Waals surface area (Å²) in [6, 6.07) is 0. The zero-order valence-electron chi connectivity index (χ0n) is 22.4. The molecule has 4 aliphatic rings. The molecule has 0 radical (unpaired) electrons. The normalized spacial score (nSPS) is 43.6. The van der Waals surface area contributed by atoms with E-state index in [0.29, 0.717) is 10.8 Å². The van der Waals surface area contributed by atoms with Crippen LogP contribution in [0.1, 0.15) is 132 Å². The summed E-state index contributed by atoms with van der Waals surface area (Å²) in [6.07, 6.45) is 20.0. The summed E-state index contributed by atoms with van der Waals surface area (Å²) in [5.74, 6) is 9.45. The van der Waals surface area contributed by atoms with Crippen molar-refractivity contribution >= 4 is 0 Å². The summed E-state index contributed by atoms with van der Waals surface area (Å²) in [5.41, 5.74) is 1.02. The van der Waals surface area contributed by atoms with E-state index in [1.807, 2.05) is 0 Å². The highest BCUT2D eigenvalue weighted by atomic mass is 14.6. The maximum atomic E-state index is 2.52. The third-order valence-electron chi connectivity index (χ3n) is 11.3. The van der Waals surface area contributed by atoms with Crippen molar-refractivity contribution in [3.63, 3.8) is 0 Å². The van der Waals surface area contributed by atoms with Crippen LogP contribution in [0.5, 0.6) is 0 Å². The lowest BCUT2D eigenvalue weighted by Gasteiger charge is -2.43. The van der Waals surface area contributed by atoms with Crippen molar-refractivity contribution < 1.29 is 0 Å². The molecular weight excluding hydrogens is 372 g/mol. The van der Waals surface area contributed by atoms with E-state index < -0.39 is 0 Å². The first-order valence-electron chi connectivity index (χ1n) is 14.6. The number of rotatable bonds is 5. The van der Waals surface area contributed by atoms with Crippen LogP contribution in [0, 0.1) is 64.1 Å². The highest BCUT2D eigenvalue weighted by molar-refractivity contribution is 5.04. The van der Waals surface area contributed by atoms with Gasteiger partial charge < -0.3 is 0 Å². The van der Waals surface area contributed by atoms with E-state index in [1.165, 1.54) is 25.7 Å². The van der Waals surface area contributed by atoms with Gasteiger partial charge in [-0.05, 0) is 115 Å². The van der Waals surface area contributed by atoms with Crippen LogP contribution in [0.4, 0.5) is 0 Å². The first-order valence-corrected chi connectivity index (χ1v) is 14.6. The maximum Gasteiger partial charge on any atom is -0.0349 e. The first kappa shape index (κ1) is 24.1. The van der Waals surface area contributed by atoms with Gasteiger partial charge in [0.05, 0.1) is 0 Å². The molecule has 0 aromatic carbocycles. The van der Waals surface area contributed by atoms with E-state index in [0.717, 1.165) is 53.3 Å². The summed E-state index contributed by atoms with van der Waals surface area (Å²) in [7, 11) is 0. The molecule has 0 heterocycles. The second-order valence-electron chi connectivity index (χ2n) is 15.0. The van der Waals surface area contributed by atoms with Crippen LogP contribution in [-0.4, -0.2) is 0 Å². The highest BCUT2D eigenvalue weighted by Crippen LogP contribution is 2.63. The molecule has 0 nitrogen and oxygen atoms in total. The van der Waals surface area contributed by atoms with Crippen molar-refractivity contribution in [2.24, 2.45) is 64.1 Å². The third-order valence-corrected chi connectivity index (χ3v) is 11.3. The minimum absolute atomic E-state index is 0.510. The highest BCUT2D eigenvalue weighted by Gasteiger charge is 2.54. The zero-order chi connectivity index (χ0) is 22.4. The van der Waals surface area contributed by atoms with Crippen LogP contribution in [0.15, 0.2) is 0 Å². The lowest BCUT2D eigenvalue weighted by Crippen LogP contribution is -2.33. The molecule has 0 bridgehead atoms. The molecule has 0 heteroatoms. The molecule has 8 atom stereocenters. The summed E-state index contributed by atoms with van der Waals surface area (Å²) in [5, 5.41) is 0. The molecule has 0 aromatic rings. The van der Waals surface area contributed by atoms with E-state index in [4.69, 9.17) is 0 Å². The van der Waals surface area contributed by atoms with Gasteiger partial charge in [-0.1, -0.05) is 80.6 Å². The van der Waals surface area contributed by atoms with Crippen molar-refractivity contribution in [1.82, 2.24) is 0 Å². The van der Waals surface area contributed by atoms with Crippen LogP contribution in [-0.2, 0) is 0 Å². The Bertz CT molecular complexity index is 536. The predicted octanol–water partition coefficient (Wildman–Crippen LogP) is 9.77. The summed E-state index contributed by atoms with van der Waals surface area (Å²) < 4.78 is 0. The molecule has 4 aliphatic carbocycles. The Morgan fingerprint density at radius 1 is 0.516 bits per heavy atom. The van der Waals surface area contributed by atoms with Gasteiger partial charge in [0.2, 0.25) is 0 Å². The van der Waals surface area contributed by atoms with Gasteiger partial charge in [0.1, 0.15) is 0 Å². The Morgan fingerprint density at radius 2 is 1.00 bits per heavy atom. The smallest absolute Gasteiger partial charge is 0.0349 e. The van der Waals surface area contributed by atoms with Gasteiger partial charge >= 0.3 is 0 Å². The van der Waals surface area contributed by atoms with Crippen LogP contribution in [0.3, 0.4) is 0 Å². The molecule has 180 valence electrons. The van der Waals surface area contributed by atoms with E-state index in [-0.39, 0.29) is 0 Å². The Hall–Kier alpha value is 0. The van der Waals surface area contributed by atoms with Gasteiger partial charge in [0.15, 0.2) is 0 Å². The fourth-order valence-electron chi connectivity index (χ4n) is 9.36. The van der Waals surface area contributed by atoms with Crippen LogP contribution in [0.25, 0.3) is 0 Å². The number of fused-ring (bicyclic) bond motifs is 3. The van der Waals surface area contributed by atoms with Crippen molar-refractivity contribution in [2.45, 2.75) is 132 Å². The fourth-order valence-corrected chi connectivity index (χ4v) is 9.36. The van der Waals surface area contributed by atoms with Gasteiger partial charge in [-0.2, -0.15) is 0 Å². The first-order chi connectivity index (χ1) is 14.6. The predicted molar refractivity (Wildman–Crippen MR) is 136 cm³/mol. The van der Waals surface area contributed by atoms with Gasteiger partial charge in [-0.25, -0.2) is 0 Å². The second kappa shape index (κ2) is 9.33. The van der Waals surface area contributed by atoms with Gasteiger partial charge in [-0.3, -0.25) is 0 Å². The Kier molecular flexibility index (Phi) is 7.26. The number of hydrogen-bond acceptors (Lipinski definition) is 0. The van der Waals surface area contributed by atoms with Crippen LogP contribution < -0.4 is 0 Å². The lowest BCUT2D eigenvalue weighted by atomic mass is 9.62. The molecule has 0 N–H and O–H groups in total. The van der Waals surface area contributed by atoms with Crippen molar-refractivity contribution in [3.05, 3.63) is 0 Å². The van der Waals surface area contributed by atoms with Crippen molar-refractivity contribution in [1.29, 1.82) is 0 Å². The van der Waals surface area contributed by atoms with Crippen LogP contribution >= 0.6 is 0 Å². The molecule has 0 aromatic heterocycles. The molecule has 31 heavy (non-hydrogen) atoms. The van der Waals surface area contributed by atoms with Crippen molar-refractivity contribution in [3.8, 4) is 0 Å². The van der Waals surface area contributed by atoms with Crippen LogP contribution in [0.2, 0.25) is 0 Å². The average molecular weight is 429 g/mol. The second-order valence-corrected chi connectivity index (χ2v) is 15.0. The Balaban J connectivity index is 1.47. The van der Waals surface area contributed by atoms with Gasteiger partial charge in [0.25, 0.3) is 0 Å². The topological polar surface area (TPSA) is 0 Å². The molecule has 0 saturated heterocycles.